The van der Waals surface area contributed by atoms with Crippen molar-refractivity contribution in [1.82, 2.24) is 4.90 Å². The first-order chi connectivity index (χ1) is 15.0. The van der Waals surface area contributed by atoms with Crippen LogP contribution in [0.25, 0.3) is 0 Å². The molecule has 1 amide bonds. The Morgan fingerprint density at radius 2 is 1.75 bits per heavy atom. The number of fused-ring (bicyclic) bond motifs is 3. The predicted molar refractivity (Wildman–Crippen MR) is 112 cm³/mol. The minimum absolute atomic E-state index is 0.00850. The molecule has 3 aliphatic rings. The number of likely N-dealkylation sites (N-methyl/N-ethyl adjacent to an activating group) is 1. The summed E-state index contributed by atoms with van der Waals surface area (Å²) in [6.07, 6.45) is 0.446. The van der Waals surface area contributed by atoms with E-state index in [9.17, 15) is 34.5 Å². The maximum absolute atomic E-state index is 13.4. The summed E-state index contributed by atoms with van der Waals surface area (Å²) in [4.78, 5) is 52.1. The normalized spacial score (nSPS) is 27.2. The Labute approximate surface area is 183 Å². The molecule has 0 aromatic heterocycles. The number of phenols is 1. The minimum atomic E-state index is -1.23. The molecule has 4 rings (SSSR count). The van der Waals surface area contributed by atoms with Gasteiger partial charge in [-0.3, -0.25) is 24.1 Å². The molecule has 0 bridgehead atoms. The number of primary amides is 1. The highest BCUT2D eigenvalue weighted by Gasteiger charge is 2.54. The monoisotopic (exact) mass is 440 g/mol. The lowest BCUT2D eigenvalue weighted by Gasteiger charge is -2.46. The van der Waals surface area contributed by atoms with Crippen LogP contribution in [-0.4, -0.2) is 63.6 Å². The van der Waals surface area contributed by atoms with E-state index in [0.29, 0.717) is 11.1 Å². The first-order valence-corrected chi connectivity index (χ1v) is 10.2. The van der Waals surface area contributed by atoms with Crippen LogP contribution in [0.4, 0.5) is 0 Å². The number of ketones is 3. The Kier molecular flexibility index (Phi) is 4.97. The minimum Gasteiger partial charge on any atom is -0.511 e. The van der Waals surface area contributed by atoms with Gasteiger partial charge >= 0.3 is 0 Å². The van der Waals surface area contributed by atoms with E-state index in [4.69, 9.17) is 5.73 Å². The maximum Gasteiger partial charge on any atom is 0.255 e. The second-order valence-electron chi connectivity index (χ2n) is 8.85. The smallest absolute Gasteiger partial charge is 0.255 e. The van der Waals surface area contributed by atoms with Crippen LogP contribution in [-0.2, 0) is 16.0 Å². The predicted octanol–water partition coefficient (Wildman–Crippen LogP) is 1.21. The number of aliphatic hydroxyl groups is 2. The van der Waals surface area contributed by atoms with Gasteiger partial charge in [-0.15, -0.1) is 0 Å². The van der Waals surface area contributed by atoms with Crippen molar-refractivity contribution >= 4 is 23.3 Å². The number of aliphatic hydroxyl groups excluding tert-OH is 2. The van der Waals surface area contributed by atoms with E-state index < -0.39 is 58.4 Å². The van der Waals surface area contributed by atoms with E-state index in [2.05, 4.69) is 0 Å². The van der Waals surface area contributed by atoms with Gasteiger partial charge in [0.15, 0.2) is 17.3 Å². The molecule has 9 heteroatoms. The molecule has 0 saturated carbocycles. The Bertz CT molecular complexity index is 1160. The second-order valence-corrected chi connectivity index (χ2v) is 8.85. The summed E-state index contributed by atoms with van der Waals surface area (Å²) in [7, 11) is 3.33. The van der Waals surface area contributed by atoms with E-state index in [1.165, 1.54) is 19.1 Å². The Balaban J connectivity index is 1.93. The van der Waals surface area contributed by atoms with Crippen molar-refractivity contribution in [1.29, 1.82) is 0 Å². The third-order valence-electron chi connectivity index (χ3n) is 6.83. The van der Waals surface area contributed by atoms with Gasteiger partial charge < -0.3 is 21.1 Å². The van der Waals surface area contributed by atoms with E-state index in [1.54, 1.807) is 19.0 Å². The Morgan fingerprint density at radius 3 is 2.31 bits per heavy atom. The van der Waals surface area contributed by atoms with E-state index in [1.807, 2.05) is 0 Å². The number of allylic oxidation sites excluding steroid dienone is 2. The molecule has 9 nitrogen and oxygen atoms in total. The number of carbonyl (C=O) groups excluding carboxylic acids is 4. The molecule has 32 heavy (non-hydrogen) atoms. The topological polar surface area (TPSA) is 158 Å². The molecule has 0 heterocycles. The lowest BCUT2D eigenvalue weighted by Crippen LogP contribution is -2.53. The summed E-state index contributed by atoms with van der Waals surface area (Å²) >= 11 is 0. The van der Waals surface area contributed by atoms with Gasteiger partial charge in [0.2, 0.25) is 0 Å². The molecular weight excluding hydrogens is 416 g/mol. The molecule has 0 saturated heterocycles. The SMILES string of the molecule is CC(=O)c1ccc(O)c2c1C[C@H]1C[C@@H]3C(C(=O)C(C(N)=O)=C(O)[C@@H]3N(C)C)C(O)=C1C2=O. The number of carbonyl (C=O) groups is 4. The van der Waals surface area contributed by atoms with Crippen LogP contribution in [0.2, 0.25) is 0 Å². The second kappa shape index (κ2) is 7.30. The van der Waals surface area contributed by atoms with Gasteiger partial charge in [-0.1, -0.05) is 0 Å². The van der Waals surface area contributed by atoms with Crippen LogP contribution in [0.3, 0.4) is 0 Å². The molecule has 5 N–H and O–H groups in total. The average molecular weight is 440 g/mol. The molecule has 1 unspecified atom stereocenters. The zero-order valence-electron chi connectivity index (χ0n) is 17.9. The molecule has 0 fully saturated rings. The van der Waals surface area contributed by atoms with Gasteiger partial charge in [0.25, 0.3) is 5.91 Å². The van der Waals surface area contributed by atoms with Crippen molar-refractivity contribution in [2.24, 2.45) is 23.5 Å². The van der Waals surface area contributed by atoms with Crippen LogP contribution in [0.5, 0.6) is 5.75 Å². The number of benzene rings is 1. The summed E-state index contributed by atoms with van der Waals surface area (Å²) < 4.78 is 0. The summed E-state index contributed by atoms with van der Waals surface area (Å²) in [5, 5.41) is 32.2. The first kappa shape index (κ1) is 21.8. The van der Waals surface area contributed by atoms with Crippen molar-refractivity contribution in [2.75, 3.05) is 14.1 Å². The molecule has 0 spiro atoms. The molecule has 168 valence electrons. The summed E-state index contributed by atoms with van der Waals surface area (Å²) in [6, 6.07) is 1.94. The van der Waals surface area contributed by atoms with Crippen molar-refractivity contribution in [2.45, 2.75) is 25.8 Å². The van der Waals surface area contributed by atoms with Gasteiger partial charge in [-0.25, -0.2) is 0 Å². The van der Waals surface area contributed by atoms with Crippen LogP contribution in [0.1, 0.15) is 39.6 Å². The highest BCUT2D eigenvalue weighted by Crippen LogP contribution is 2.50. The van der Waals surface area contributed by atoms with Gasteiger partial charge in [-0.2, -0.15) is 0 Å². The summed E-state index contributed by atoms with van der Waals surface area (Å²) in [5.74, 6) is -6.47. The zero-order chi connectivity index (χ0) is 23.6. The molecule has 0 radical (unpaired) electrons. The molecule has 1 aromatic carbocycles. The molecule has 0 aliphatic heterocycles. The number of amides is 1. The fourth-order valence-corrected chi connectivity index (χ4v) is 5.60. The number of phenolic OH excluding ortho intramolecular Hbond substituents is 1. The quantitative estimate of drug-likeness (QED) is 0.403. The summed E-state index contributed by atoms with van der Waals surface area (Å²) in [6.45, 7) is 1.37. The standard InChI is InChI=1S/C23H24N2O7/c1-8(26)10-4-5-13(27)15-11(10)6-9-7-12-16(20(29)14(9)19(15)28)21(30)17(23(24)32)22(31)18(12)25(2)3/h4-5,9,12,16,18,27,29,31H,6-7H2,1-3H3,(H2,24,32)/t9-,12+,16?,18+/m0/s1. The van der Waals surface area contributed by atoms with E-state index >= 15 is 0 Å². The number of rotatable bonds is 3. The number of hydrogen-bond acceptors (Lipinski definition) is 8. The summed E-state index contributed by atoms with van der Waals surface area (Å²) in [5.41, 5.74) is 5.41. The first-order valence-electron chi connectivity index (χ1n) is 10.2. The van der Waals surface area contributed by atoms with Crippen LogP contribution < -0.4 is 5.73 Å². The van der Waals surface area contributed by atoms with Gasteiger partial charge in [0.1, 0.15) is 22.8 Å². The third-order valence-corrected chi connectivity index (χ3v) is 6.83. The van der Waals surface area contributed by atoms with Crippen molar-refractivity contribution in [3.05, 3.63) is 51.5 Å². The molecule has 1 aromatic rings. The van der Waals surface area contributed by atoms with Crippen LogP contribution >= 0.6 is 0 Å². The molecular formula is C23H24N2O7. The van der Waals surface area contributed by atoms with Crippen molar-refractivity contribution in [3.63, 3.8) is 0 Å². The van der Waals surface area contributed by atoms with Gasteiger partial charge in [0.05, 0.1) is 17.5 Å². The lowest BCUT2D eigenvalue weighted by atomic mass is 9.60. The lowest BCUT2D eigenvalue weighted by molar-refractivity contribution is -0.127. The number of hydrogen-bond donors (Lipinski definition) is 4. The number of nitrogens with two attached hydrogens (primary N) is 1. The van der Waals surface area contributed by atoms with Crippen molar-refractivity contribution < 1.29 is 34.5 Å². The van der Waals surface area contributed by atoms with Gasteiger partial charge in [-0.05, 0) is 63.4 Å². The van der Waals surface area contributed by atoms with Crippen LogP contribution in [0.15, 0.2) is 34.8 Å². The van der Waals surface area contributed by atoms with E-state index in [-0.39, 0.29) is 35.5 Å². The fourth-order valence-electron chi connectivity index (χ4n) is 5.60. The zero-order valence-corrected chi connectivity index (χ0v) is 17.9. The number of Topliss-reactive ketones (excluding diaryl/α,β-unsaturated/α-hetero) is 3. The van der Waals surface area contributed by atoms with Crippen LogP contribution in [0, 0.1) is 17.8 Å². The Morgan fingerprint density at radius 1 is 1.09 bits per heavy atom. The highest BCUT2D eigenvalue weighted by atomic mass is 16.3. The Hall–Kier alpha value is -3.46. The fraction of sp³-hybridized carbons (Fsp3) is 0.391. The number of nitrogens with zero attached hydrogens (tertiary/aromatic N) is 1. The highest BCUT2D eigenvalue weighted by molar-refractivity contribution is 6.22. The number of aromatic hydroxyl groups is 1. The van der Waals surface area contributed by atoms with Gasteiger partial charge in [0, 0.05) is 11.1 Å². The largest absolute Gasteiger partial charge is 0.511 e. The third kappa shape index (κ3) is 2.88. The molecule has 3 aliphatic carbocycles. The molecule has 4 atom stereocenters. The maximum atomic E-state index is 13.4. The average Bonchev–Trinajstić information content (AvgIpc) is 2.66. The van der Waals surface area contributed by atoms with Crippen molar-refractivity contribution in [3.8, 4) is 5.75 Å². The van der Waals surface area contributed by atoms with E-state index in [0.717, 1.165) is 0 Å².